The molecule has 13 aromatic rings. The van der Waals surface area contributed by atoms with Crippen LogP contribution in [0, 0.1) is 37.4 Å². The van der Waals surface area contributed by atoms with Gasteiger partial charge in [0.1, 0.15) is 46.9 Å². The van der Waals surface area contributed by atoms with Gasteiger partial charge in [-0.2, -0.15) is 15.0 Å². The number of nitrogens with one attached hydrogen (secondary N) is 1. The highest BCUT2D eigenvalue weighted by Gasteiger charge is 2.29. The summed E-state index contributed by atoms with van der Waals surface area (Å²) in [7, 11) is 0. The predicted octanol–water partition coefficient (Wildman–Crippen LogP) is 23.5. The first kappa shape index (κ1) is 97.9. The third-order valence-corrected chi connectivity index (χ3v) is 22.1. The van der Waals surface area contributed by atoms with Gasteiger partial charge < -0.3 is 47.8 Å². The maximum atomic E-state index is 13.3. The first-order chi connectivity index (χ1) is 62.0. The molecule has 129 heavy (non-hydrogen) atoms. The molecule has 9 aromatic carbocycles. The van der Waals surface area contributed by atoms with Gasteiger partial charge in [0.05, 0.1) is 18.3 Å². The number of aryl methyl sites for hydroxylation is 4. The van der Waals surface area contributed by atoms with Crippen LogP contribution in [0.1, 0.15) is 210 Å². The topological polar surface area (TPSA) is 259 Å². The van der Waals surface area contributed by atoms with Crippen LogP contribution in [0.2, 0.25) is 0 Å². The molecule has 0 unspecified atom stereocenters. The van der Waals surface area contributed by atoms with Gasteiger partial charge >= 0.3 is 12.1 Å². The molecule has 5 heterocycles. The van der Waals surface area contributed by atoms with Crippen molar-refractivity contribution >= 4 is 41.1 Å². The van der Waals surface area contributed by atoms with E-state index >= 15 is 0 Å². The van der Waals surface area contributed by atoms with Crippen molar-refractivity contribution < 1.29 is 51.6 Å². The molecule has 23 heteroatoms. The van der Waals surface area contributed by atoms with Gasteiger partial charge in [-0.1, -0.05) is 213 Å². The van der Waals surface area contributed by atoms with Gasteiger partial charge in [0, 0.05) is 108 Å². The van der Waals surface area contributed by atoms with Crippen LogP contribution in [-0.2, 0) is 62.0 Å². The fourth-order valence-corrected chi connectivity index (χ4v) is 14.9. The molecule has 1 aliphatic heterocycles. The van der Waals surface area contributed by atoms with Gasteiger partial charge in [0.15, 0.2) is 5.16 Å². The highest BCUT2D eigenvalue weighted by atomic mass is 32.2. The van der Waals surface area contributed by atoms with Crippen LogP contribution >= 0.6 is 11.8 Å². The molecule has 15 rings (SSSR count). The van der Waals surface area contributed by atoms with Crippen LogP contribution < -0.4 is 15.6 Å². The van der Waals surface area contributed by atoms with Crippen LogP contribution in [0.15, 0.2) is 274 Å². The summed E-state index contributed by atoms with van der Waals surface area (Å²) in [4.78, 5) is 82.4. The number of hydrogen-bond donors (Lipinski definition) is 1. The van der Waals surface area contributed by atoms with Crippen LogP contribution in [0.5, 0.6) is 11.5 Å². The molecular formula is C106H117FN10O11S. The minimum atomic E-state index is -0.473. The van der Waals surface area contributed by atoms with Crippen molar-refractivity contribution in [3.05, 3.63) is 345 Å². The molecule has 2 fully saturated rings. The molecule has 1 N–H and O–H groups in total. The first-order valence-electron chi connectivity index (χ1n) is 43.8. The number of piperidine rings is 1. The average molecular weight is 1760 g/mol. The van der Waals surface area contributed by atoms with Crippen LogP contribution in [0.4, 0.5) is 14.9 Å². The Kier molecular flexibility index (Phi) is 38.6. The number of benzene rings is 9. The number of halogens is 1. The Morgan fingerprint density at radius 2 is 1.20 bits per heavy atom. The minimum Gasteiger partial charge on any atom is -0.462 e. The number of amides is 1. The summed E-state index contributed by atoms with van der Waals surface area (Å²) in [6.45, 7) is 19.3. The number of aromatic nitrogens is 8. The summed E-state index contributed by atoms with van der Waals surface area (Å²) >= 11 is 1.36. The lowest BCUT2D eigenvalue weighted by atomic mass is 9.80. The second kappa shape index (κ2) is 50.9. The van der Waals surface area contributed by atoms with E-state index in [4.69, 9.17) is 28.0 Å². The molecule has 2 aliphatic rings. The number of unbranched alkanes of at least 4 members (excludes halogenated alkanes) is 1. The summed E-state index contributed by atoms with van der Waals surface area (Å²) in [5.74, 6) is 12.9. The Morgan fingerprint density at radius 3 is 1.81 bits per heavy atom. The zero-order valence-electron chi connectivity index (χ0n) is 74.4. The van der Waals surface area contributed by atoms with E-state index in [1.54, 1.807) is 87.6 Å². The quantitative estimate of drug-likeness (QED) is 0.0207. The molecule has 21 nitrogen and oxygen atoms in total. The Bertz CT molecular complexity index is 5750. The first-order valence-corrected chi connectivity index (χ1v) is 44.7. The number of carbonyl (C=O) groups excluding carboxylic acids is 4. The number of Topliss-reactive ketones (excluding diaryl/α,β-unsaturated/α-hetero) is 2. The Balaban J connectivity index is 0.000000170. The number of carbonyl (C=O) groups is 4. The molecule has 0 atom stereocenters. The zero-order chi connectivity index (χ0) is 90.4. The number of ether oxygens (including phenoxy) is 4. The van der Waals surface area contributed by atoms with E-state index in [1.807, 2.05) is 177 Å². The van der Waals surface area contributed by atoms with Crippen molar-refractivity contribution in [1.29, 1.82) is 0 Å². The third kappa shape index (κ3) is 33.1. The summed E-state index contributed by atoms with van der Waals surface area (Å²) in [6.07, 6.45) is 18.7. The fourth-order valence-electron chi connectivity index (χ4n) is 13.9. The largest absolute Gasteiger partial charge is 0.462 e. The second-order valence-electron chi connectivity index (χ2n) is 32.5. The molecule has 4 aromatic heterocycles. The Morgan fingerprint density at radius 1 is 0.612 bits per heavy atom. The van der Waals surface area contributed by atoms with Crippen molar-refractivity contribution in [2.45, 2.75) is 201 Å². The number of anilines is 1. The van der Waals surface area contributed by atoms with Crippen molar-refractivity contribution in [3.63, 3.8) is 0 Å². The molecule has 0 spiro atoms. The lowest BCUT2D eigenvalue weighted by Gasteiger charge is -2.33. The number of thioether (sulfide) groups is 1. The van der Waals surface area contributed by atoms with Gasteiger partial charge in [0.2, 0.25) is 17.5 Å². The van der Waals surface area contributed by atoms with Crippen LogP contribution in [-0.4, -0.2) is 99.7 Å². The van der Waals surface area contributed by atoms with Crippen molar-refractivity contribution in [3.8, 4) is 51.8 Å². The number of rotatable bonds is 28. The number of esters is 1. The Labute approximate surface area is 761 Å². The number of ketones is 2. The Hall–Kier alpha value is -13.3. The second-order valence-corrected chi connectivity index (χ2v) is 33.5. The molecule has 1 aliphatic carbocycles. The van der Waals surface area contributed by atoms with Crippen LogP contribution in [0.3, 0.4) is 0 Å². The van der Waals surface area contributed by atoms with Gasteiger partial charge in [0.25, 0.3) is 11.4 Å². The average Bonchev–Trinajstić information content (AvgIpc) is 1.70. The van der Waals surface area contributed by atoms with E-state index < -0.39 is 11.6 Å². The summed E-state index contributed by atoms with van der Waals surface area (Å²) in [5, 5.41) is 12.0. The molecule has 1 amide bonds. The van der Waals surface area contributed by atoms with E-state index in [2.05, 4.69) is 103 Å². The SMILES string of the molecule is C.CC(=O)CCc1ccc(C#Cc2ccccc2C)cc1.CC(=O)CCc1ccc(NCc2cccc(Oc3ccccc3)c2)cc1.CC(C)(C)OC(=O)N1CCC(OCc2nc(-c3ccccc3)no2)CC1.CCCCC1CCC(c2nc(-c3ccccc3)no2)CC1.CCOC(=O)c1ccc(-n2cc(Cc3cnc(C)nc3)c(=O)nc2SCc2ccc(F)cc2)cc1. The van der Waals surface area contributed by atoms with E-state index in [9.17, 15) is 28.4 Å². The van der Waals surface area contributed by atoms with E-state index in [1.165, 1.54) is 85.5 Å². The molecule has 0 bridgehead atoms. The molecule has 670 valence electrons. The highest BCUT2D eigenvalue weighted by molar-refractivity contribution is 7.98. The highest BCUT2D eigenvalue weighted by Crippen LogP contribution is 2.38. The van der Waals surface area contributed by atoms with Gasteiger partial charge in [-0.15, -0.1) is 0 Å². The number of hydrogen-bond acceptors (Lipinski definition) is 20. The van der Waals surface area contributed by atoms with E-state index in [0.29, 0.717) is 84.5 Å². The normalized spacial score (nSPS) is 13.4. The zero-order valence-corrected chi connectivity index (χ0v) is 75.2. The summed E-state index contributed by atoms with van der Waals surface area (Å²) in [6, 6.07) is 75.2. The van der Waals surface area contributed by atoms with Gasteiger partial charge in [-0.3, -0.25) is 9.36 Å². The maximum Gasteiger partial charge on any atom is 0.410 e. The van der Waals surface area contributed by atoms with Crippen LogP contribution in [0.25, 0.3) is 28.5 Å². The van der Waals surface area contributed by atoms with Gasteiger partial charge in [-0.25, -0.2) is 23.9 Å². The van der Waals surface area contributed by atoms with Gasteiger partial charge in [-0.05, 0) is 237 Å². The maximum absolute atomic E-state index is 13.3. The summed E-state index contributed by atoms with van der Waals surface area (Å²) in [5.41, 5.74) is 12.3. The molecular weight excluding hydrogens is 1640 g/mol. The lowest BCUT2D eigenvalue weighted by Crippen LogP contribution is -2.43. The van der Waals surface area contributed by atoms with Crippen molar-refractivity contribution in [2.24, 2.45) is 5.92 Å². The van der Waals surface area contributed by atoms with Crippen molar-refractivity contribution in [2.75, 3.05) is 25.0 Å². The van der Waals surface area contributed by atoms with Crippen molar-refractivity contribution in [1.82, 2.24) is 44.7 Å². The predicted molar refractivity (Wildman–Crippen MR) is 506 cm³/mol. The van der Waals surface area contributed by atoms with E-state index in [-0.39, 0.29) is 49.2 Å². The smallest absolute Gasteiger partial charge is 0.410 e. The molecule has 1 saturated carbocycles. The lowest BCUT2D eigenvalue weighted by molar-refractivity contribution is -0.117. The third-order valence-electron chi connectivity index (χ3n) is 21.1. The number of nitrogens with zero attached hydrogens (tertiary/aromatic N) is 9. The minimum absolute atomic E-state index is 0. The monoisotopic (exact) mass is 1760 g/mol. The number of likely N-dealkylation sites (tertiary alicyclic amines) is 1. The standard InChI is InChI=1S/C26H23FN4O3S.C23H23NO2.C19H25N3O4.C19H18O.C18H24N2O.CH4/c1-3-34-25(33)20-6-10-23(11-7-20)31-15-21(12-19-13-28-17(2)29-14-19)24(32)30-26(31)35-16-18-4-8-22(27)9-5-18;1-18(25)10-11-19-12-14-21(15-13-19)24-17-20-6-5-9-23(16-20)26-22-7-3-2-4-8-22;1-19(2,3)25-18(23)22-11-9-15(10-12-22)24-13-16-20-17(21-26-16)14-7-5-4-6-8-14;1-15-5-3-4-6-19(15)14-13-18-11-9-17(10-12-18)8-7-16(2)20;1-2-3-7-14-10-12-16(13-11-14)18-19-17(20-21-18)15-8-5-4-6-9-15;/h4-11,13-15H,3,12,16H2,1-2H3;2-9,12-16,24H,10-11,17H2,1H3;4-8,15H,9-13H2,1-3H3;3-6,9-12H,7-8H2,1-2H3;4-6,8-9,14,16H,2-3,7,10-13H2,1H3;1H4. The molecule has 1 saturated heterocycles. The number of para-hydroxylation sites is 1. The summed E-state index contributed by atoms with van der Waals surface area (Å²) < 4.78 is 48.1. The molecule has 0 radical (unpaired) electrons. The van der Waals surface area contributed by atoms with E-state index in [0.717, 1.165) is 112 Å². The fraction of sp³-hybridized carbons (Fsp3) is 0.321.